The molecule has 3 aromatic rings. The zero-order valence-electron chi connectivity index (χ0n) is 18.4. The Morgan fingerprint density at radius 1 is 1.06 bits per heavy atom. The van der Waals surface area contributed by atoms with Gasteiger partial charge in [0.15, 0.2) is 23.0 Å². The van der Waals surface area contributed by atoms with Crippen LogP contribution in [-0.2, 0) is 16.1 Å². The number of aliphatic hydroxyl groups is 1. The summed E-state index contributed by atoms with van der Waals surface area (Å²) >= 11 is 1.41. The molecule has 1 aromatic heterocycles. The van der Waals surface area contributed by atoms with Crippen molar-refractivity contribution in [2.45, 2.75) is 12.6 Å². The molecule has 9 heteroatoms. The number of carbonyl (C=O) groups excluding carboxylic acids is 2. The van der Waals surface area contributed by atoms with E-state index in [2.05, 4.69) is 0 Å². The van der Waals surface area contributed by atoms with E-state index >= 15 is 0 Å². The first-order chi connectivity index (χ1) is 16.5. The average Bonchev–Trinajstić information content (AvgIpc) is 3.60. The molecule has 1 atom stereocenters. The number of likely N-dealkylation sites (tertiary alicyclic amines) is 1. The lowest BCUT2D eigenvalue weighted by atomic mass is 9.99. The number of Topliss-reactive ketones (excluding diaryl/α,β-unsaturated/α-hetero) is 1. The van der Waals surface area contributed by atoms with Crippen molar-refractivity contribution in [3.63, 3.8) is 0 Å². The molecule has 1 amide bonds. The topological polar surface area (TPSA) is 94.5 Å². The average molecular weight is 480 g/mol. The predicted molar refractivity (Wildman–Crippen MR) is 124 cm³/mol. The van der Waals surface area contributed by atoms with Gasteiger partial charge in [0.1, 0.15) is 5.76 Å². The van der Waals surface area contributed by atoms with Gasteiger partial charge in [0.2, 0.25) is 6.79 Å². The second kappa shape index (κ2) is 8.75. The molecule has 0 bridgehead atoms. The van der Waals surface area contributed by atoms with E-state index < -0.39 is 17.7 Å². The van der Waals surface area contributed by atoms with Crippen LogP contribution in [0.3, 0.4) is 0 Å². The Morgan fingerprint density at radius 2 is 1.85 bits per heavy atom. The summed E-state index contributed by atoms with van der Waals surface area (Å²) in [5.41, 5.74) is 1.16. The van der Waals surface area contributed by atoms with Crippen LogP contribution in [0.15, 0.2) is 59.5 Å². The number of benzene rings is 2. The third kappa shape index (κ3) is 3.63. The van der Waals surface area contributed by atoms with Crippen molar-refractivity contribution in [2.24, 2.45) is 0 Å². The van der Waals surface area contributed by atoms with Crippen LogP contribution in [0.5, 0.6) is 23.0 Å². The number of aliphatic hydroxyl groups excluding tert-OH is 1. The van der Waals surface area contributed by atoms with Crippen LogP contribution in [0, 0.1) is 0 Å². The Morgan fingerprint density at radius 3 is 2.59 bits per heavy atom. The van der Waals surface area contributed by atoms with E-state index in [0.717, 1.165) is 10.4 Å². The third-order valence-electron chi connectivity index (χ3n) is 5.80. The molecule has 0 aliphatic carbocycles. The smallest absolute Gasteiger partial charge is 0.295 e. The standard InChI is InChI=1S/C25H21NO7S/c1-30-16-7-5-14(10-18(16)31-2)12-26-22(20-4-3-9-34-20)21(24(28)25(26)29)23(27)15-6-8-17-19(11-15)33-13-32-17/h3-11,22,27H,12-13H2,1-2H3/b23-21-. The Hall–Kier alpha value is -3.98. The number of methoxy groups -OCH3 is 2. The largest absolute Gasteiger partial charge is 0.507 e. The van der Waals surface area contributed by atoms with Gasteiger partial charge in [-0.3, -0.25) is 9.59 Å². The number of rotatable bonds is 6. The van der Waals surface area contributed by atoms with E-state index in [0.29, 0.717) is 28.6 Å². The molecule has 174 valence electrons. The van der Waals surface area contributed by atoms with Gasteiger partial charge < -0.3 is 29.0 Å². The van der Waals surface area contributed by atoms with E-state index in [1.807, 2.05) is 23.6 Å². The lowest BCUT2D eigenvalue weighted by molar-refractivity contribution is -0.140. The highest BCUT2D eigenvalue weighted by Gasteiger charge is 2.46. The second-order valence-corrected chi connectivity index (χ2v) is 8.68. The van der Waals surface area contributed by atoms with Crippen LogP contribution in [0.25, 0.3) is 5.76 Å². The summed E-state index contributed by atoms with van der Waals surface area (Å²) in [6.07, 6.45) is 0. The molecule has 2 aromatic carbocycles. The van der Waals surface area contributed by atoms with Crippen molar-refractivity contribution in [3.05, 3.63) is 75.5 Å². The number of ketones is 1. The molecular weight excluding hydrogens is 458 g/mol. The minimum Gasteiger partial charge on any atom is -0.507 e. The number of thiophene rings is 1. The zero-order valence-corrected chi connectivity index (χ0v) is 19.3. The highest BCUT2D eigenvalue weighted by molar-refractivity contribution is 7.10. The number of hydrogen-bond donors (Lipinski definition) is 1. The molecule has 1 saturated heterocycles. The molecule has 0 radical (unpaired) electrons. The molecule has 0 saturated carbocycles. The van der Waals surface area contributed by atoms with Gasteiger partial charge in [0, 0.05) is 17.0 Å². The molecule has 34 heavy (non-hydrogen) atoms. The van der Waals surface area contributed by atoms with Crippen molar-refractivity contribution in [1.82, 2.24) is 4.90 Å². The van der Waals surface area contributed by atoms with Crippen LogP contribution >= 0.6 is 11.3 Å². The Bertz CT molecular complexity index is 1300. The Kier molecular flexibility index (Phi) is 5.62. The monoisotopic (exact) mass is 479 g/mol. The summed E-state index contributed by atoms with van der Waals surface area (Å²) in [6, 6.07) is 13.2. The number of nitrogens with zero attached hydrogens (tertiary/aromatic N) is 1. The van der Waals surface area contributed by atoms with Gasteiger partial charge in [-0.2, -0.15) is 0 Å². The van der Waals surface area contributed by atoms with Crippen LogP contribution in [0.1, 0.15) is 22.0 Å². The van der Waals surface area contributed by atoms with Crippen molar-refractivity contribution in [1.29, 1.82) is 0 Å². The number of fused-ring (bicyclic) bond motifs is 1. The van der Waals surface area contributed by atoms with E-state index in [1.165, 1.54) is 23.3 Å². The van der Waals surface area contributed by atoms with Crippen molar-refractivity contribution in [2.75, 3.05) is 21.0 Å². The molecule has 1 N–H and O–H groups in total. The fraction of sp³-hybridized carbons (Fsp3) is 0.200. The SMILES string of the molecule is COc1ccc(CN2C(=O)C(=O)/C(=C(\O)c3ccc4c(c3)OCO4)C2c2cccs2)cc1OC. The van der Waals surface area contributed by atoms with Gasteiger partial charge in [0.25, 0.3) is 11.7 Å². The highest BCUT2D eigenvalue weighted by Crippen LogP contribution is 2.43. The fourth-order valence-corrected chi connectivity index (χ4v) is 5.01. The minimum atomic E-state index is -0.742. The Labute approximate surface area is 199 Å². The van der Waals surface area contributed by atoms with Gasteiger partial charge in [-0.05, 0) is 47.3 Å². The summed E-state index contributed by atoms with van der Waals surface area (Å²) in [4.78, 5) is 28.6. The Balaban J connectivity index is 1.58. The number of hydrogen-bond acceptors (Lipinski definition) is 8. The van der Waals surface area contributed by atoms with Crippen LogP contribution in [0.4, 0.5) is 0 Å². The molecule has 0 spiro atoms. The van der Waals surface area contributed by atoms with Gasteiger partial charge in [-0.15, -0.1) is 11.3 Å². The zero-order chi connectivity index (χ0) is 23.8. The molecule has 2 aliphatic rings. The minimum absolute atomic E-state index is 0.0341. The molecule has 8 nitrogen and oxygen atoms in total. The molecular formula is C25H21NO7S. The number of ether oxygens (including phenoxy) is 4. The first-order valence-electron chi connectivity index (χ1n) is 10.4. The first-order valence-corrected chi connectivity index (χ1v) is 11.3. The number of amides is 1. The predicted octanol–water partition coefficient (Wildman–Crippen LogP) is 4.12. The maximum absolute atomic E-state index is 13.2. The quantitative estimate of drug-likeness (QED) is 0.323. The van der Waals surface area contributed by atoms with E-state index in [4.69, 9.17) is 18.9 Å². The molecule has 3 heterocycles. The van der Waals surface area contributed by atoms with Crippen LogP contribution in [-0.4, -0.2) is 42.7 Å². The molecule has 5 rings (SSSR count). The summed E-state index contributed by atoms with van der Waals surface area (Å²) in [6.45, 7) is 0.232. The third-order valence-corrected chi connectivity index (χ3v) is 6.72. The van der Waals surface area contributed by atoms with Gasteiger partial charge in [0.05, 0.1) is 25.8 Å². The molecule has 1 fully saturated rings. The first kappa shape index (κ1) is 21.8. The van der Waals surface area contributed by atoms with Crippen molar-refractivity contribution < 1.29 is 33.6 Å². The highest BCUT2D eigenvalue weighted by atomic mass is 32.1. The molecule has 2 aliphatic heterocycles. The maximum Gasteiger partial charge on any atom is 0.295 e. The van der Waals surface area contributed by atoms with E-state index in [-0.39, 0.29) is 24.7 Å². The summed E-state index contributed by atoms with van der Waals surface area (Å²) in [7, 11) is 3.08. The van der Waals surface area contributed by atoms with Crippen LogP contribution < -0.4 is 18.9 Å². The van der Waals surface area contributed by atoms with Crippen molar-refractivity contribution in [3.8, 4) is 23.0 Å². The van der Waals surface area contributed by atoms with E-state index in [1.54, 1.807) is 37.4 Å². The van der Waals surface area contributed by atoms with Crippen molar-refractivity contribution >= 4 is 28.8 Å². The summed E-state index contributed by atoms with van der Waals surface area (Å²) in [5, 5.41) is 13.1. The fourth-order valence-electron chi connectivity index (χ4n) is 4.16. The maximum atomic E-state index is 13.2. The van der Waals surface area contributed by atoms with Gasteiger partial charge in [-0.1, -0.05) is 12.1 Å². The van der Waals surface area contributed by atoms with Crippen LogP contribution in [0.2, 0.25) is 0 Å². The lowest BCUT2D eigenvalue weighted by Gasteiger charge is -2.24. The summed E-state index contributed by atoms with van der Waals surface area (Å²) < 4.78 is 21.4. The number of carbonyl (C=O) groups is 2. The summed E-state index contributed by atoms with van der Waals surface area (Å²) in [5.74, 6) is 0.418. The lowest BCUT2D eigenvalue weighted by Crippen LogP contribution is -2.28. The van der Waals surface area contributed by atoms with Gasteiger partial charge >= 0.3 is 0 Å². The molecule has 1 unspecified atom stereocenters. The normalized spacial score (nSPS) is 18.4. The van der Waals surface area contributed by atoms with Gasteiger partial charge in [-0.25, -0.2) is 0 Å². The second-order valence-electron chi connectivity index (χ2n) is 7.70. The van der Waals surface area contributed by atoms with E-state index in [9.17, 15) is 14.7 Å².